The van der Waals surface area contributed by atoms with Crippen LogP contribution in [-0.4, -0.2) is 36.4 Å². The first kappa shape index (κ1) is 17.5. The average Bonchev–Trinajstić information content (AvgIpc) is 3.01. The molecule has 1 aromatic carbocycles. The first-order valence-corrected chi connectivity index (χ1v) is 7.24. The molecular weight excluding hydrogens is 314 g/mol. The van der Waals surface area contributed by atoms with Crippen molar-refractivity contribution in [3.63, 3.8) is 0 Å². The topological polar surface area (TPSA) is 97.8 Å². The van der Waals surface area contributed by atoms with Gasteiger partial charge in [-0.1, -0.05) is 0 Å². The number of rotatable bonds is 7. The number of carbonyl (C=O) groups is 1. The fourth-order valence-corrected chi connectivity index (χ4v) is 2.27. The standard InChI is InChI=1S/C16H19N3O5/c1-11-7-14(19(21)22)15(23-3)8-13(11)17-16(20)10-18(2)9-12-5-4-6-24-12/h4-8H,9-10H2,1-3H3,(H,17,20). The van der Waals surface area contributed by atoms with Crippen LogP contribution in [0.15, 0.2) is 34.9 Å². The molecule has 0 aliphatic heterocycles. The summed E-state index contributed by atoms with van der Waals surface area (Å²) in [6.07, 6.45) is 1.58. The van der Waals surface area contributed by atoms with E-state index in [9.17, 15) is 14.9 Å². The van der Waals surface area contributed by atoms with E-state index in [4.69, 9.17) is 9.15 Å². The van der Waals surface area contributed by atoms with Crippen LogP contribution in [0.2, 0.25) is 0 Å². The number of ether oxygens (including phenoxy) is 1. The van der Waals surface area contributed by atoms with Crippen LogP contribution in [0.3, 0.4) is 0 Å². The molecule has 1 amide bonds. The largest absolute Gasteiger partial charge is 0.490 e. The number of likely N-dealkylation sites (N-methyl/N-ethyl adjacent to an activating group) is 1. The van der Waals surface area contributed by atoms with E-state index in [2.05, 4.69) is 5.32 Å². The number of nitrogens with one attached hydrogen (secondary N) is 1. The molecule has 1 aromatic heterocycles. The molecule has 0 unspecified atom stereocenters. The Labute approximate surface area is 139 Å². The van der Waals surface area contributed by atoms with Crippen molar-refractivity contribution in [2.45, 2.75) is 13.5 Å². The third kappa shape index (κ3) is 4.32. The summed E-state index contributed by atoms with van der Waals surface area (Å²) in [4.78, 5) is 24.4. The van der Waals surface area contributed by atoms with Gasteiger partial charge in [-0.05, 0) is 31.7 Å². The van der Waals surface area contributed by atoms with Crippen LogP contribution in [0, 0.1) is 17.0 Å². The number of benzene rings is 1. The number of nitro benzene ring substituents is 1. The van der Waals surface area contributed by atoms with Crippen molar-refractivity contribution in [3.05, 3.63) is 52.0 Å². The van der Waals surface area contributed by atoms with Crippen LogP contribution in [0.25, 0.3) is 0 Å². The van der Waals surface area contributed by atoms with Crippen molar-refractivity contribution in [1.82, 2.24) is 4.90 Å². The molecule has 1 heterocycles. The van der Waals surface area contributed by atoms with Gasteiger partial charge in [0.25, 0.3) is 0 Å². The molecule has 1 N–H and O–H groups in total. The number of carbonyl (C=O) groups excluding carboxylic acids is 1. The van der Waals surface area contributed by atoms with E-state index >= 15 is 0 Å². The van der Waals surface area contributed by atoms with E-state index in [1.807, 2.05) is 6.07 Å². The predicted octanol–water partition coefficient (Wildman–Crippen LogP) is 2.58. The van der Waals surface area contributed by atoms with Crippen molar-refractivity contribution >= 4 is 17.3 Å². The van der Waals surface area contributed by atoms with Gasteiger partial charge >= 0.3 is 5.69 Å². The minimum absolute atomic E-state index is 0.102. The Morgan fingerprint density at radius 1 is 1.46 bits per heavy atom. The number of amides is 1. The van der Waals surface area contributed by atoms with Gasteiger partial charge in [0.2, 0.25) is 5.91 Å². The van der Waals surface area contributed by atoms with E-state index in [-0.39, 0.29) is 23.9 Å². The molecular formula is C16H19N3O5. The third-order valence-electron chi connectivity index (χ3n) is 3.42. The summed E-state index contributed by atoms with van der Waals surface area (Å²) >= 11 is 0. The van der Waals surface area contributed by atoms with Gasteiger partial charge in [0.1, 0.15) is 5.76 Å². The molecule has 8 heteroatoms. The predicted molar refractivity (Wildman–Crippen MR) is 88.1 cm³/mol. The second-order valence-corrected chi connectivity index (χ2v) is 5.40. The lowest BCUT2D eigenvalue weighted by Crippen LogP contribution is -2.29. The Kier molecular flexibility index (Phi) is 5.54. The van der Waals surface area contributed by atoms with Gasteiger partial charge in [-0.3, -0.25) is 19.8 Å². The summed E-state index contributed by atoms with van der Waals surface area (Å²) in [5.74, 6) is 0.631. The van der Waals surface area contributed by atoms with Gasteiger partial charge in [0.15, 0.2) is 5.75 Å². The van der Waals surface area contributed by atoms with Crippen molar-refractivity contribution in [1.29, 1.82) is 0 Å². The van der Waals surface area contributed by atoms with Crippen LogP contribution >= 0.6 is 0 Å². The summed E-state index contributed by atoms with van der Waals surface area (Å²) in [5, 5.41) is 13.7. The number of anilines is 1. The third-order valence-corrected chi connectivity index (χ3v) is 3.42. The van der Waals surface area contributed by atoms with E-state index in [1.165, 1.54) is 19.2 Å². The quantitative estimate of drug-likeness (QED) is 0.618. The zero-order valence-corrected chi connectivity index (χ0v) is 13.7. The minimum atomic E-state index is -0.519. The first-order chi connectivity index (χ1) is 11.4. The maximum absolute atomic E-state index is 12.2. The highest BCUT2D eigenvalue weighted by Crippen LogP contribution is 2.32. The van der Waals surface area contributed by atoms with Gasteiger partial charge in [0.05, 0.1) is 31.4 Å². The molecule has 0 atom stereocenters. The van der Waals surface area contributed by atoms with Crippen molar-refractivity contribution in [2.24, 2.45) is 0 Å². The van der Waals surface area contributed by atoms with Crippen molar-refractivity contribution in [3.8, 4) is 5.75 Å². The Morgan fingerprint density at radius 2 is 2.21 bits per heavy atom. The number of nitro groups is 1. The Hall–Kier alpha value is -2.87. The molecule has 0 fully saturated rings. The summed E-state index contributed by atoms with van der Waals surface area (Å²) in [6.45, 7) is 2.34. The number of hydrogen-bond donors (Lipinski definition) is 1. The second kappa shape index (κ2) is 7.60. The first-order valence-electron chi connectivity index (χ1n) is 7.24. The summed E-state index contributed by atoms with van der Waals surface area (Å²) in [6, 6.07) is 6.45. The lowest BCUT2D eigenvalue weighted by atomic mass is 10.1. The lowest BCUT2D eigenvalue weighted by Gasteiger charge is -2.16. The Bertz CT molecular complexity index is 728. The van der Waals surface area contributed by atoms with Gasteiger partial charge in [0, 0.05) is 17.8 Å². The average molecular weight is 333 g/mol. The highest BCUT2D eigenvalue weighted by atomic mass is 16.6. The highest BCUT2D eigenvalue weighted by molar-refractivity contribution is 5.93. The van der Waals surface area contributed by atoms with E-state index < -0.39 is 4.92 Å². The Balaban J connectivity index is 2.04. The van der Waals surface area contributed by atoms with E-state index in [0.717, 1.165) is 5.76 Å². The van der Waals surface area contributed by atoms with Crippen LogP contribution < -0.4 is 10.1 Å². The van der Waals surface area contributed by atoms with Gasteiger partial charge < -0.3 is 14.5 Å². The molecule has 0 bridgehead atoms. The molecule has 0 radical (unpaired) electrons. The van der Waals surface area contributed by atoms with Crippen molar-refractivity contribution < 1.29 is 18.9 Å². The van der Waals surface area contributed by atoms with Gasteiger partial charge in [-0.15, -0.1) is 0 Å². The molecule has 8 nitrogen and oxygen atoms in total. The summed E-state index contributed by atoms with van der Waals surface area (Å²) in [7, 11) is 3.14. The maximum Gasteiger partial charge on any atom is 0.311 e. The number of methoxy groups -OCH3 is 1. The van der Waals surface area contributed by atoms with Crippen LogP contribution in [0.5, 0.6) is 5.75 Å². The zero-order chi connectivity index (χ0) is 17.7. The summed E-state index contributed by atoms with van der Waals surface area (Å²) < 4.78 is 10.3. The van der Waals surface area contributed by atoms with Crippen LogP contribution in [0.4, 0.5) is 11.4 Å². The minimum Gasteiger partial charge on any atom is -0.490 e. The molecule has 0 saturated carbocycles. The molecule has 0 aliphatic carbocycles. The number of hydrogen-bond acceptors (Lipinski definition) is 6. The molecule has 2 aromatic rings. The molecule has 0 spiro atoms. The second-order valence-electron chi connectivity index (χ2n) is 5.40. The molecule has 2 rings (SSSR count). The fraction of sp³-hybridized carbons (Fsp3) is 0.312. The van der Waals surface area contributed by atoms with Gasteiger partial charge in [-0.2, -0.15) is 0 Å². The maximum atomic E-state index is 12.2. The monoisotopic (exact) mass is 333 g/mol. The zero-order valence-electron chi connectivity index (χ0n) is 13.7. The number of furan rings is 1. The van der Waals surface area contributed by atoms with Gasteiger partial charge in [-0.25, -0.2) is 0 Å². The molecule has 24 heavy (non-hydrogen) atoms. The molecule has 0 saturated heterocycles. The van der Waals surface area contributed by atoms with E-state index in [1.54, 1.807) is 31.2 Å². The normalized spacial score (nSPS) is 10.7. The van der Waals surface area contributed by atoms with Crippen molar-refractivity contribution in [2.75, 3.05) is 26.0 Å². The SMILES string of the molecule is COc1cc(NC(=O)CN(C)Cc2ccco2)c(C)cc1[N+](=O)[O-]. The Morgan fingerprint density at radius 3 is 2.79 bits per heavy atom. The molecule has 128 valence electrons. The highest BCUT2D eigenvalue weighted by Gasteiger charge is 2.18. The summed E-state index contributed by atoms with van der Waals surface area (Å²) in [5.41, 5.74) is 0.932. The lowest BCUT2D eigenvalue weighted by molar-refractivity contribution is -0.385. The smallest absolute Gasteiger partial charge is 0.311 e. The van der Waals surface area contributed by atoms with Crippen LogP contribution in [0.1, 0.15) is 11.3 Å². The van der Waals surface area contributed by atoms with E-state index in [0.29, 0.717) is 17.8 Å². The number of aryl methyl sites for hydroxylation is 1. The fourth-order valence-electron chi connectivity index (χ4n) is 2.27. The van der Waals surface area contributed by atoms with Crippen LogP contribution in [-0.2, 0) is 11.3 Å². The molecule has 0 aliphatic rings. The number of nitrogens with zero attached hydrogens (tertiary/aromatic N) is 2.